The molecule has 2 rings (SSSR count). The number of hydrogen-bond acceptors (Lipinski definition) is 5. The van der Waals surface area contributed by atoms with Crippen molar-refractivity contribution < 1.29 is 9.53 Å². The number of amides is 1. The van der Waals surface area contributed by atoms with Gasteiger partial charge < -0.3 is 9.64 Å². The lowest BCUT2D eigenvalue weighted by Gasteiger charge is -2.27. The number of carbonyl (C=O) groups is 1. The maximum absolute atomic E-state index is 11.2. The highest BCUT2D eigenvalue weighted by Crippen LogP contribution is 2.14. The Bertz CT molecular complexity index is 387. The topological polar surface area (TPSA) is 58.6 Å². The van der Waals surface area contributed by atoms with Crippen LogP contribution in [0, 0.1) is 0 Å². The molecule has 17 heavy (non-hydrogen) atoms. The molecule has 0 aliphatic carbocycles. The fraction of sp³-hybridized carbons (Fsp3) is 0.545. The molecule has 6 heteroatoms. The van der Waals surface area contributed by atoms with Crippen LogP contribution in [0.5, 0.6) is 0 Å². The van der Waals surface area contributed by atoms with E-state index in [0.29, 0.717) is 5.82 Å². The molecule has 0 radical (unpaired) electrons. The van der Waals surface area contributed by atoms with Crippen LogP contribution in [0.4, 0.5) is 11.6 Å². The molecular weight excluding hydrogens is 220 g/mol. The zero-order valence-electron chi connectivity index (χ0n) is 10.1. The van der Waals surface area contributed by atoms with Gasteiger partial charge >= 0.3 is 0 Å². The Morgan fingerprint density at radius 1 is 1.35 bits per heavy atom. The number of nitrogens with zero attached hydrogens (tertiary/aromatic N) is 4. The fourth-order valence-electron chi connectivity index (χ4n) is 1.62. The first-order valence-electron chi connectivity index (χ1n) is 5.59. The summed E-state index contributed by atoms with van der Waals surface area (Å²) in [6, 6.07) is 3.69. The van der Waals surface area contributed by atoms with Crippen LogP contribution in [-0.2, 0) is 9.53 Å². The first-order chi connectivity index (χ1) is 8.18. The third-order valence-corrected chi connectivity index (χ3v) is 2.79. The highest BCUT2D eigenvalue weighted by Gasteiger charge is 2.14. The van der Waals surface area contributed by atoms with Crippen LogP contribution >= 0.6 is 0 Å². The van der Waals surface area contributed by atoms with Crippen LogP contribution in [0.15, 0.2) is 12.1 Å². The summed E-state index contributed by atoms with van der Waals surface area (Å²) in [5.41, 5.74) is 0. The van der Waals surface area contributed by atoms with Crippen LogP contribution in [0.25, 0.3) is 0 Å². The van der Waals surface area contributed by atoms with Gasteiger partial charge in [-0.3, -0.25) is 9.69 Å². The summed E-state index contributed by atoms with van der Waals surface area (Å²) in [4.78, 5) is 14.7. The molecule has 92 valence electrons. The van der Waals surface area contributed by atoms with E-state index in [9.17, 15) is 4.79 Å². The summed E-state index contributed by atoms with van der Waals surface area (Å²) in [5, 5.41) is 8.18. The van der Waals surface area contributed by atoms with Crippen molar-refractivity contribution in [2.24, 2.45) is 0 Å². The molecule has 0 unspecified atom stereocenters. The standard InChI is InChI=1S/C11H16N4O2/c1-9(16)14(2)10-3-4-11(13-12-10)15-5-7-17-8-6-15/h3-4H,5-8H2,1-2H3. The lowest BCUT2D eigenvalue weighted by atomic mass is 10.4. The summed E-state index contributed by atoms with van der Waals surface area (Å²) < 4.78 is 5.27. The average Bonchev–Trinajstić information content (AvgIpc) is 2.39. The molecule has 1 fully saturated rings. The second kappa shape index (κ2) is 5.09. The number of aromatic nitrogens is 2. The van der Waals surface area contributed by atoms with Gasteiger partial charge in [0, 0.05) is 27.1 Å². The van der Waals surface area contributed by atoms with Gasteiger partial charge in [-0.05, 0) is 12.1 Å². The van der Waals surface area contributed by atoms with Gasteiger partial charge in [-0.15, -0.1) is 10.2 Å². The van der Waals surface area contributed by atoms with Gasteiger partial charge in [-0.1, -0.05) is 0 Å². The van der Waals surface area contributed by atoms with Crippen molar-refractivity contribution in [1.29, 1.82) is 0 Å². The minimum Gasteiger partial charge on any atom is -0.378 e. The molecule has 1 amide bonds. The Morgan fingerprint density at radius 2 is 2.06 bits per heavy atom. The Hall–Kier alpha value is -1.69. The fourth-order valence-corrected chi connectivity index (χ4v) is 1.62. The zero-order valence-corrected chi connectivity index (χ0v) is 10.1. The number of anilines is 2. The quantitative estimate of drug-likeness (QED) is 0.739. The third kappa shape index (κ3) is 2.71. The number of carbonyl (C=O) groups excluding carboxylic acids is 1. The molecule has 0 bridgehead atoms. The molecule has 0 atom stereocenters. The molecule has 0 saturated carbocycles. The van der Waals surface area contributed by atoms with E-state index >= 15 is 0 Å². The summed E-state index contributed by atoms with van der Waals surface area (Å²) in [6.45, 7) is 4.60. The molecule has 2 heterocycles. The van der Waals surface area contributed by atoms with Gasteiger partial charge in [0.05, 0.1) is 13.2 Å². The van der Waals surface area contributed by atoms with Crippen molar-refractivity contribution in [3.05, 3.63) is 12.1 Å². The molecule has 0 spiro atoms. The molecule has 1 saturated heterocycles. The molecule has 0 N–H and O–H groups in total. The Balaban J connectivity index is 2.09. The van der Waals surface area contributed by atoms with Crippen molar-refractivity contribution in [3.8, 4) is 0 Å². The monoisotopic (exact) mass is 236 g/mol. The van der Waals surface area contributed by atoms with Crippen molar-refractivity contribution in [3.63, 3.8) is 0 Å². The molecule has 1 aromatic heterocycles. The van der Waals surface area contributed by atoms with Crippen molar-refractivity contribution in [1.82, 2.24) is 10.2 Å². The van der Waals surface area contributed by atoms with Crippen molar-refractivity contribution in [2.75, 3.05) is 43.2 Å². The molecule has 1 aliphatic heterocycles. The Morgan fingerprint density at radius 3 is 2.59 bits per heavy atom. The third-order valence-electron chi connectivity index (χ3n) is 2.79. The predicted molar refractivity (Wildman–Crippen MR) is 64.1 cm³/mol. The van der Waals surface area contributed by atoms with Gasteiger partial charge in [0.15, 0.2) is 11.6 Å². The number of rotatable bonds is 2. The minimum absolute atomic E-state index is 0.0570. The molecule has 1 aromatic rings. The second-order valence-corrected chi connectivity index (χ2v) is 3.93. The predicted octanol–water partition coefficient (Wildman–Crippen LogP) is 0.296. The van der Waals surface area contributed by atoms with Gasteiger partial charge in [0.2, 0.25) is 5.91 Å². The number of ether oxygens (including phenoxy) is 1. The van der Waals surface area contributed by atoms with Gasteiger partial charge in [-0.25, -0.2) is 0 Å². The van der Waals surface area contributed by atoms with Crippen LogP contribution in [0.2, 0.25) is 0 Å². The van der Waals surface area contributed by atoms with Crippen molar-refractivity contribution in [2.45, 2.75) is 6.92 Å². The van der Waals surface area contributed by atoms with E-state index < -0.39 is 0 Å². The first kappa shape index (κ1) is 11.8. The zero-order chi connectivity index (χ0) is 12.3. The SMILES string of the molecule is CC(=O)N(C)c1ccc(N2CCOCC2)nn1. The van der Waals surface area contributed by atoms with Crippen LogP contribution in [0.3, 0.4) is 0 Å². The van der Waals surface area contributed by atoms with E-state index in [1.807, 2.05) is 6.07 Å². The number of hydrogen-bond donors (Lipinski definition) is 0. The van der Waals surface area contributed by atoms with Crippen molar-refractivity contribution >= 4 is 17.5 Å². The second-order valence-electron chi connectivity index (χ2n) is 3.93. The largest absolute Gasteiger partial charge is 0.378 e. The smallest absolute Gasteiger partial charge is 0.224 e. The van der Waals surface area contributed by atoms with Gasteiger partial charge in [0.1, 0.15) is 0 Å². The Kier molecular flexibility index (Phi) is 3.53. The highest BCUT2D eigenvalue weighted by atomic mass is 16.5. The van der Waals surface area contributed by atoms with E-state index in [-0.39, 0.29) is 5.91 Å². The van der Waals surface area contributed by atoms with Gasteiger partial charge in [0.25, 0.3) is 0 Å². The number of morpholine rings is 1. The minimum atomic E-state index is -0.0570. The molecule has 6 nitrogen and oxygen atoms in total. The lowest BCUT2D eigenvalue weighted by molar-refractivity contribution is -0.116. The van der Waals surface area contributed by atoms with Crippen LogP contribution in [0.1, 0.15) is 6.92 Å². The van der Waals surface area contributed by atoms with E-state index in [4.69, 9.17) is 4.74 Å². The summed E-state index contributed by atoms with van der Waals surface area (Å²) in [6.07, 6.45) is 0. The normalized spacial score (nSPS) is 15.8. The molecule has 0 aromatic carbocycles. The maximum Gasteiger partial charge on any atom is 0.224 e. The highest BCUT2D eigenvalue weighted by molar-refractivity contribution is 5.89. The Labute approximate surface area is 100 Å². The molecule has 1 aliphatic rings. The summed E-state index contributed by atoms with van der Waals surface area (Å²) >= 11 is 0. The van der Waals surface area contributed by atoms with Crippen LogP contribution in [-0.4, -0.2) is 49.5 Å². The van der Waals surface area contributed by atoms with Gasteiger partial charge in [-0.2, -0.15) is 0 Å². The summed E-state index contributed by atoms with van der Waals surface area (Å²) in [7, 11) is 1.68. The van der Waals surface area contributed by atoms with E-state index in [2.05, 4.69) is 15.1 Å². The van der Waals surface area contributed by atoms with E-state index in [1.165, 1.54) is 11.8 Å². The summed E-state index contributed by atoms with van der Waals surface area (Å²) in [5.74, 6) is 1.34. The van der Waals surface area contributed by atoms with E-state index in [1.54, 1.807) is 13.1 Å². The van der Waals surface area contributed by atoms with Crippen LogP contribution < -0.4 is 9.80 Å². The van der Waals surface area contributed by atoms with E-state index in [0.717, 1.165) is 32.1 Å². The molecular formula is C11H16N4O2. The maximum atomic E-state index is 11.2. The lowest BCUT2D eigenvalue weighted by Crippen LogP contribution is -2.37. The average molecular weight is 236 g/mol. The first-order valence-corrected chi connectivity index (χ1v) is 5.59.